The zero-order valence-electron chi connectivity index (χ0n) is 9.46. The molecule has 2 N–H and O–H groups in total. The van der Waals surface area contributed by atoms with E-state index in [1.807, 2.05) is 18.2 Å². The third-order valence-electron chi connectivity index (χ3n) is 2.64. The molecule has 2 heteroatoms. The van der Waals surface area contributed by atoms with Crippen molar-refractivity contribution in [1.82, 2.24) is 4.57 Å². The van der Waals surface area contributed by atoms with Gasteiger partial charge < -0.3 is 10.3 Å². The highest BCUT2D eigenvalue weighted by Gasteiger charge is 2.07. The van der Waals surface area contributed by atoms with Crippen molar-refractivity contribution in [2.75, 3.05) is 5.73 Å². The van der Waals surface area contributed by atoms with Gasteiger partial charge in [0.25, 0.3) is 0 Å². The van der Waals surface area contributed by atoms with Gasteiger partial charge in [0, 0.05) is 24.5 Å². The molecular weight excluding hydrogens is 196 g/mol. The van der Waals surface area contributed by atoms with E-state index in [2.05, 4.69) is 36.3 Å². The number of anilines is 1. The number of nitrogen functional groups attached to an aromatic ring is 1. The van der Waals surface area contributed by atoms with E-state index in [0.29, 0.717) is 0 Å². The van der Waals surface area contributed by atoms with Gasteiger partial charge in [0.05, 0.1) is 11.2 Å². The summed E-state index contributed by atoms with van der Waals surface area (Å²) in [6, 6.07) is 8.01. The van der Waals surface area contributed by atoms with Crippen LogP contribution >= 0.6 is 0 Å². The number of nitrogens with zero attached hydrogens (tertiary/aromatic N) is 1. The van der Waals surface area contributed by atoms with E-state index < -0.39 is 0 Å². The Kier molecular flexibility index (Phi) is 2.87. The third-order valence-corrected chi connectivity index (χ3v) is 2.64. The summed E-state index contributed by atoms with van der Waals surface area (Å²) < 4.78 is 2.20. The van der Waals surface area contributed by atoms with Crippen LogP contribution in [0, 0.1) is 18.8 Å². The molecule has 0 amide bonds. The second-order valence-electron chi connectivity index (χ2n) is 3.76. The summed E-state index contributed by atoms with van der Waals surface area (Å²) in [6.45, 7) is 6.68. The van der Waals surface area contributed by atoms with Crippen LogP contribution in [-0.4, -0.2) is 4.57 Å². The SMILES string of the molecule is [CH2]C#Cc1cc2c(N)cccc2n1CCC. The maximum Gasteiger partial charge on any atom is 0.0931 e. The molecule has 0 aliphatic heterocycles. The highest BCUT2D eigenvalue weighted by molar-refractivity contribution is 5.92. The molecule has 0 atom stereocenters. The fourth-order valence-corrected chi connectivity index (χ4v) is 1.97. The minimum absolute atomic E-state index is 0.805. The van der Waals surface area contributed by atoms with Crippen LogP contribution in [0.15, 0.2) is 24.3 Å². The van der Waals surface area contributed by atoms with E-state index >= 15 is 0 Å². The zero-order valence-corrected chi connectivity index (χ0v) is 9.46. The van der Waals surface area contributed by atoms with Crippen LogP contribution < -0.4 is 5.73 Å². The quantitative estimate of drug-likeness (QED) is 0.601. The van der Waals surface area contributed by atoms with Crippen molar-refractivity contribution in [2.45, 2.75) is 19.9 Å². The number of rotatable bonds is 2. The topological polar surface area (TPSA) is 30.9 Å². The van der Waals surface area contributed by atoms with Crippen LogP contribution in [0.5, 0.6) is 0 Å². The molecule has 81 valence electrons. The van der Waals surface area contributed by atoms with E-state index in [0.717, 1.165) is 35.2 Å². The van der Waals surface area contributed by atoms with Crippen molar-refractivity contribution < 1.29 is 0 Å². The van der Waals surface area contributed by atoms with Crippen LogP contribution in [0.4, 0.5) is 5.69 Å². The van der Waals surface area contributed by atoms with Gasteiger partial charge in [-0.2, -0.15) is 0 Å². The molecule has 0 bridgehead atoms. The molecule has 2 rings (SSSR count). The first-order chi connectivity index (χ1) is 7.77. The Balaban J connectivity index is 2.73. The van der Waals surface area contributed by atoms with Crippen molar-refractivity contribution in [1.29, 1.82) is 0 Å². The fourth-order valence-electron chi connectivity index (χ4n) is 1.97. The first-order valence-corrected chi connectivity index (χ1v) is 5.43. The van der Waals surface area contributed by atoms with Crippen molar-refractivity contribution in [2.24, 2.45) is 0 Å². The Morgan fingerprint density at radius 3 is 2.94 bits per heavy atom. The Morgan fingerprint density at radius 1 is 1.44 bits per heavy atom. The molecule has 1 radical (unpaired) electrons. The average molecular weight is 211 g/mol. The number of aryl methyl sites for hydroxylation is 1. The second kappa shape index (κ2) is 4.32. The maximum absolute atomic E-state index is 5.95. The second-order valence-corrected chi connectivity index (χ2v) is 3.76. The van der Waals surface area contributed by atoms with Gasteiger partial charge in [0.1, 0.15) is 0 Å². The highest BCUT2D eigenvalue weighted by Crippen LogP contribution is 2.25. The van der Waals surface area contributed by atoms with E-state index in [9.17, 15) is 0 Å². The Labute approximate surface area is 96.1 Å². The van der Waals surface area contributed by atoms with Gasteiger partial charge in [0.15, 0.2) is 0 Å². The van der Waals surface area contributed by atoms with Gasteiger partial charge in [-0.1, -0.05) is 18.9 Å². The number of aromatic nitrogens is 1. The molecule has 0 fully saturated rings. The predicted octanol–water partition coefficient (Wildman–Crippen LogP) is 2.82. The Hall–Kier alpha value is -1.88. The van der Waals surface area contributed by atoms with E-state index in [1.54, 1.807) is 0 Å². The molecule has 0 unspecified atom stereocenters. The number of hydrogen-bond acceptors (Lipinski definition) is 1. The number of hydrogen-bond donors (Lipinski definition) is 1. The third kappa shape index (κ3) is 1.65. The van der Waals surface area contributed by atoms with Gasteiger partial charge >= 0.3 is 0 Å². The molecule has 2 nitrogen and oxygen atoms in total. The smallest absolute Gasteiger partial charge is 0.0931 e. The summed E-state index contributed by atoms with van der Waals surface area (Å²) in [5.74, 6) is 5.73. The summed E-state index contributed by atoms with van der Waals surface area (Å²) in [5, 5.41) is 1.08. The monoisotopic (exact) mass is 211 g/mol. The molecule has 1 aromatic carbocycles. The van der Waals surface area contributed by atoms with Gasteiger partial charge in [-0.15, -0.1) is 0 Å². The minimum Gasteiger partial charge on any atom is -0.398 e. The lowest BCUT2D eigenvalue weighted by molar-refractivity contribution is 0.697. The van der Waals surface area contributed by atoms with E-state index in [4.69, 9.17) is 5.73 Å². The lowest BCUT2D eigenvalue weighted by Gasteiger charge is -2.05. The van der Waals surface area contributed by atoms with E-state index in [1.165, 1.54) is 0 Å². The van der Waals surface area contributed by atoms with Crippen LogP contribution in [0.1, 0.15) is 19.0 Å². The molecule has 0 saturated heterocycles. The van der Waals surface area contributed by atoms with Crippen LogP contribution in [0.25, 0.3) is 10.9 Å². The lowest BCUT2D eigenvalue weighted by atomic mass is 10.2. The number of benzene rings is 1. The summed E-state index contributed by atoms with van der Waals surface area (Å²) in [6.07, 6.45) is 1.07. The van der Waals surface area contributed by atoms with E-state index in [-0.39, 0.29) is 0 Å². The molecule has 2 aromatic rings. The number of fused-ring (bicyclic) bond motifs is 1. The van der Waals surface area contributed by atoms with Crippen molar-refractivity contribution in [3.8, 4) is 11.8 Å². The molecule has 1 aromatic heterocycles. The summed E-state index contributed by atoms with van der Waals surface area (Å²) in [7, 11) is 0. The van der Waals surface area contributed by atoms with Gasteiger partial charge in [-0.25, -0.2) is 0 Å². The first-order valence-electron chi connectivity index (χ1n) is 5.43. The van der Waals surface area contributed by atoms with Crippen LogP contribution in [0.2, 0.25) is 0 Å². The zero-order chi connectivity index (χ0) is 11.5. The van der Waals surface area contributed by atoms with Gasteiger partial charge in [-0.05, 0) is 30.5 Å². The fraction of sp³-hybridized carbons (Fsp3) is 0.214. The summed E-state index contributed by atoms with van der Waals surface area (Å²) >= 11 is 0. The first kappa shape index (κ1) is 10.6. The molecule has 16 heavy (non-hydrogen) atoms. The minimum atomic E-state index is 0.805. The summed E-state index contributed by atoms with van der Waals surface area (Å²) in [5.41, 5.74) is 8.90. The average Bonchev–Trinajstić information content (AvgIpc) is 2.61. The molecular formula is C14H15N2. The van der Waals surface area contributed by atoms with Gasteiger partial charge in [-0.3, -0.25) is 0 Å². The predicted molar refractivity (Wildman–Crippen MR) is 68.9 cm³/mol. The molecule has 0 spiro atoms. The van der Waals surface area contributed by atoms with Crippen molar-refractivity contribution >= 4 is 16.6 Å². The molecule has 0 saturated carbocycles. The highest BCUT2D eigenvalue weighted by atomic mass is 15.0. The van der Waals surface area contributed by atoms with Crippen molar-refractivity contribution in [3.63, 3.8) is 0 Å². The lowest BCUT2D eigenvalue weighted by Crippen LogP contribution is -1.99. The molecule has 1 heterocycles. The number of nitrogens with two attached hydrogens (primary N) is 1. The van der Waals surface area contributed by atoms with Crippen molar-refractivity contribution in [3.05, 3.63) is 36.9 Å². The Bertz CT molecular complexity index is 567. The van der Waals surface area contributed by atoms with Crippen LogP contribution in [0.3, 0.4) is 0 Å². The molecule has 0 aliphatic rings. The summed E-state index contributed by atoms with van der Waals surface area (Å²) in [4.78, 5) is 0. The van der Waals surface area contributed by atoms with Crippen LogP contribution in [-0.2, 0) is 6.54 Å². The molecule has 0 aliphatic carbocycles. The Morgan fingerprint density at radius 2 is 2.25 bits per heavy atom. The van der Waals surface area contributed by atoms with Gasteiger partial charge in [0.2, 0.25) is 0 Å². The maximum atomic E-state index is 5.95. The largest absolute Gasteiger partial charge is 0.398 e. The standard InChI is InChI=1S/C14H15N2/c1-3-6-11-10-12-13(15)7-5-8-14(12)16(11)9-4-2/h5,7-8,10H,1,4,9,15H2,2H3. The normalized spacial score (nSPS) is 10.1.